The van der Waals surface area contributed by atoms with Crippen LogP contribution >= 0.6 is 0 Å². The molecule has 1 heterocycles. The van der Waals surface area contributed by atoms with Crippen LogP contribution in [0.25, 0.3) is 0 Å². The zero-order chi connectivity index (χ0) is 12.5. The number of ether oxygens (including phenoxy) is 1. The molecular weight excluding hydrogens is 220 g/mol. The van der Waals surface area contributed by atoms with E-state index in [1.165, 1.54) is 0 Å². The van der Waals surface area contributed by atoms with Gasteiger partial charge in [0.1, 0.15) is 11.3 Å². The molecule has 0 saturated carbocycles. The average Bonchev–Trinajstić information content (AvgIpc) is 2.65. The second-order valence-corrected chi connectivity index (χ2v) is 3.90. The van der Waals surface area contributed by atoms with Crippen molar-refractivity contribution in [3.05, 3.63) is 29.8 Å². The van der Waals surface area contributed by atoms with Gasteiger partial charge >= 0.3 is 6.03 Å². The van der Waals surface area contributed by atoms with Crippen LogP contribution in [0, 0.1) is 0 Å². The Morgan fingerprint density at radius 1 is 1.24 bits per heavy atom. The van der Waals surface area contributed by atoms with E-state index in [1.54, 1.807) is 31.4 Å². The molecule has 3 amide bonds. The summed E-state index contributed by atoms with van der Waals surface area (Å²) < 4.78 is 5.06. The molecule has 1 aliphatic rings. The predicted octanol–water partition coefficient (Wildman–Crippen LogP) is 1.14. The molecule has 5 nitrogen and oxygen atoms in total. The summed E-state index contributed by atoms with van der Waals surface area (Å²) >= 11 is 0. The van der Waals surface area contributed by atoms with E-state index in [-0.39, 0.29) is 5.91 Å². The highest BCUT2D eigenvalue weighted by atomic mass is 16.5. The number of nitrogens with one attached hydrogen (secondary N) is 2. The highest BCUT2D eigenvalue weighted by molar-refractivity contribution is 6.07. The first kappa shape index (κ1) is 11.4. The van der Waals surface area contributed by atoms with Crippen molar-refractivity contribution in [2.75, 3.05) is 7.11 Å². The molecule has 0 spiro atoms. The molecule has 0 bridgehead atoms. The maximum absolute atomic E-state index is 11.9. The number of amides is 3. The number of urea groups is 1. The van der Waals surface area contributed by atoms with Gasteiger partial charge in [0, 0.05) is 0 Å². The van der Waals surface area contributed by atoms with E-state index in [4.69, 9.17) is 4.74 Å². The van der Waals surface area contributed by atoms with E-state index in [0.717, 1.165) is 5.56 Å². The first-order valence-corrected chi connectivity index (χ1v) is 5.40. The van der Waals surface area contributed by atoms with E-state index in [2.05, 4.69) is 10.6 Å². The molecule has 1 fully saturated rings. The lowest BCUT2D eigenvalue weighted by atomic mass is 9.87. The van der Waals surface area contributed by atoms with E-state index < -0.39 is 11.6 Å². The Balaban J connectivity index is 2.41. The van der Waals surface area contributed by atoms with E-state index in [0.29, 0.717) is 12.2 Å². The van der Waals surface area contributed by atoms with Crippen LogP contribution in [-0.4, -0.2) is 19.0 Å². The SMILES string of the molecule is CC[C@@]1(c2ccc(OC)cc2)NC(=O)NC1=O. The average molecular weight is 234 g/mol. The number of hydrogen-bond acceptors (Lipinski definition) is 3. The van der Waals surface area contributed by atoms with Crippen molar-refractivity contribution in [2.45, 2.75) is 18.9 Å². The van der Waals surface area contributed by atoms with Crippen LogP contribution in [0.3, 0.4) is 0 Å². The first-order chi connectivity index (χ1) is 8.12. The molecular formula is C12H14N2O3. The fraction of sp³-hybridized carbons (Fsp3) is 0.333. The van der Waals surface area contributed by atoms with Gasteiger partial charge in [-0.15, -0.1) is 0 Å². The largest absolute Gasteiger partial charge is 0.497 e. The first-order valence-electron chi connectivity index (χ1n) is 5.40. The summed E-state index contributed by atoms with van der Waals surface area (Å²) in [5.74, 6) is 0.403. The standard InChI is InChI=1S/C12H14N2O3/c1-3-12(10(15)13-11(16)14-12)8-4-6-9(17-2)7-5-8/h4-7H,3H2,1-2H3,(H2,13,14,15,16)/t12-/m0/s1. The smallest absolute Gasteiger partial charge is 0.322 e. The van der Waals surface area contributed by atoms with E-state index in [9.17, 15) is 9.59 Å². The van der Waals surface area contributed by atoms with Crippen molar-refractivity contribution >= 4 is 11.9 Å². The normalized spacial score (nSPS) is 23.2. The van der Waals surface area contributed by atoms with Crippen molar-refractivity contribution in [2.24, 2.45) is 0 Å². The zero-order valence-corrected chi connectivity index (χ0v) is 9.74. The Hall–Kier alpha value is -2.04. The van der Waals surface area contributed by atoms with Crippen LogP contribution in [0.1, 0.15) is 18.9 Å². The molecule has 17 heavy (non-hydrogen) atoms. The van der Waals surface area contributed by atoms with Crippen molar-refractivity contribution < 1.29 is 14.3 Å². The fourth-order valence-electron chi connectivity index (χ4n) is 2.02. The van der Waals surface area contributed by atoms with Gasteiger partial charge in [-0.05, 0) is 24.1 Å². The van der Waals surface area contributed by atoms with Gasteiger partial charge < -0.3 is 10.1 Å². The van der Waals surface area contributed by atoms with Gasteiger partial charge in [-0.2, -0.15) is 0 Å². The van der Waals surface area contributed by atoms with Gasteiger partial charge in [0.15, 0.2) is 0 Å². The third-order valence-corrected chi connectivity index (χ3v) is 3.05. The van der Waals surface area contributed by atoms with E-state index in [1.807, 2.05) is 6.92 Å². The van der Waals surface area contributed by atoms with Crippen molar-refractivity contribution in [3.63, 3.8) is 0 Å². The van der Waals surface area contributed by atoms with Crippen molar-refractivity contribution in [3.8, 4) is 5.75 Å². The van der Waals surface area contributed by atoms with Gasteiger partial charge in [-0.25, -0.2) is 4.79 Å². The summed E-state index contributed by atoms with van der Waals surface area (Å²) in [5.41, 5.74) is -0.201. The summed E-state index contributed by atoms with van der Waals surface area (Å²) in [6.45, 7) is 1.86. The van der Waals surface area contributed by atoms with Crippen molar-refractivity contribution in [1.29, 1.82) is 0 Å². The topological polar surface area (TPSA) is 67.4 Å². The summed E-state index contributed by atoms with van der Waals surface area (Å²) in [6.07, 6.45) is 0.497. The number of benzene rings is 1. The predicted molar refractivity (Wildman–Crippen MR) is 61.6 cm³/mol. The van der Waals surface area contributed by atoms with Crippen LogP contribution in [-0.2, 0) is 10.3 Å². The molecule has 1 saturated heterocycles. The molecule has 5 heteroatoms. The second-order valence-electron chi connectivity index (χ2n) is 3.90. The Morgan fingerprint density at radius 2 is 1.88 bits per heavy atom. The quantitative estimate of drug-likeness (QED) is 0.771. The van der Waals surface area contributed by atoms with Crippen LogP contribution in [0.4, 0.5) is 4.79 Å². The molecule has 0 aromatic heterocycles. The second kappa shape index (κ2) is 4.08. The lowest BCUT2D eigenvalue weighted by Gasteiger charge is -2.24. The summed E-state index contributed by atoms with van der Waals surface area (Å²) in [6, 6.07) is 6.66. The molecule has 90 valence electrons. The number of rotatable bonds is 3. The summed E-state index contributed by atoms with van der Waals surface area (Å²) in [4.78, 5) is 23.1. The van der Waals surface area contributed by atoms with Gasteiger partial charge in [0.25, 0.3) is 5.91 Å². The third kappa shape index (κ3) is 1.73. The highest BCUT2D eigenvalue weighted by Gasteiger charge is 2.46. The molecule has 2 N–H and O–H groups in total. The van der Waals surface area contributed by atoms with Gasteiger partial charge in [0.05, 0.1) is 7.11 Å². The van der Waals surface area contributed by atoms with Gasteiger partial charge in [0.2, 0.25) is 0 Å². The Morgan fingerprint density at radius 3 is 2.29 bits per heavy atom. The number of carbonyl (C=O) groups is 2. The van der Waals surface area contributed by atoms with Gasteiger partial charge in [-0.3, -0.25) is 10.1 Å². The van der Waals surface area contributed by atoms with Crippen LogP contribution in [0.2, 0.25) is 0 Å². The minimum Gasteiger partial charge on any atom is -0.497 e. The summed E-state index contributed by atoms with van der Waals surface area (Å²) in [5, 5.41) is 4.95. The number of hydrogen-bond donors (Lipinski definition) is 2. The number of imide groups is 1. The zero-order valence-electron chi connectivity index (χ0n) is 9.74. The van der Waals surface area contributed by atoms with Crippen LogP contribution < -0.4 is 15.4 Å². The number of carbonyl (C=O) groups excluding carboxylic acids is 2. The molecule has 1 aliphatic heterocycles. The van der Waals surface area contributed by atoms with Crippen LogP contribution in [0.5, 0.6) is 5.75 Å². The molecule has 0 unspecified atom stereocenters. The Bertz CT molecular complexity index is 455. The lowest BCUT2D eigenvalue weighted by molar-refractivity contribution is -0.124. The molecule has 1 atom stereocenters. The lowest BCUT2D eigenvalue weighted by Crippen LogP contribution is -2.43. The Labute approximate surface area is 99.2 Å². The minimum atomic E-state index is -0.955. The van der Waals surface area contributed by atoms with Crippen LogP contribution in [0.15, 0.2) is 24.3 Å². The van der Waals surface area contributed by atoms with Crippen molar-refractivity contribution in [1.82, 2.24) is 10.6 Å². The Kier molecular flexibility index (Phi) is 2.75. The third-order valence-electron chi connectivity index (χ3n) is 3.05. The fourth-order valence-corrected chi connectivity index (χ4v) is 2.02. The molecule has 2 rings (SSSR count). The maximum Gasteiger partial charge on any atom is 0.322 e. The molecule has 0 radical (unpaired) electrons. The minimum absolute atomic E-state index is 0.310. The molecule has 1 aromatic carbocycles. The number of methoxy groups -OCH3 is 1. The maximum atomic E-state index is 11.9. The highest BCUT2D eigenvalue weighted by Crippen LogP contribution is 2.29. The van der Waals surface area contributed by atoms with E-state index >= 15 is 0 Å². The monoisotopic (exact) mass is 234 g/mol. The molecule has 1 aromatic rings. The molecule has 0 aliphatic carbocycles. The summed E-state index contributed by atoms with van der Waals surface area (Å²) in [7, 11) is 1.58. The van der Waals surface area contributed by atoms with Gasteiger partial charge in [-0.1, -0.05) is 19.1 Å².